The number of esters is 2. The van der Waals surface area contributed by atoms with Gasteiger partial charge >= 0.3 is 11.9 Å². The summed E-state index contributed by atoms with van der Waals surface area (Å²) in [4.78, 5) is 47.3. The van der Waals surface area contributed by atoms with E-state index >= 15 is 0 Å². The molecule has 0 radical (unpaired) electrons. The second-order valence-corrected chi connectivity index (χ2v) is 8.69. The zero-order chi connectivity index (χ0) is 27.2. The zero-order valence-corrected chi connectivity index (χ0v) is 21.3. The molecule has 0 bridgehead atoms. The maximum Gasteiger partial charge on any atom is 0.313 e. The lowest BCUT2D eigenvalue weighted by molar-refractivity contribution is -0.152. The van der Waals surface area contributed by atoms with Gasteiger partial charge in [-0.3, -0.25) is 19.2 Å². The number of hydrogen-bond acceptors (Lipinski definition) is 7. The van der Waals surface area contributed by atoms with Gasteiger partial charge in [-0.1, -0.05) is 72.8 Å². The third-order valence-corrected chi connectivity index (χ3v) is 5.44. The van der Waals surface area contributed by atoms with Crippen molar-refractivity contribution in [1.29, 1.82) is 0 Å². The van der Waals surface area contributed by atoms with Crippen LogP contribution in [0.15, 0.2) is 86.0 Å². The predicted molar refractivity (Wildman–Crippen MR) is 139 cm³/mol. The van der Waals surface area contributed by atoms with E-state index in [1.165, 1.54) is 13.8 Å². The van der Waals surface area contributed by atoms with Gasteiger partial charge < -0.3 is 14.2 Å². The SMILES string of the molecule is C=CC(CC(OC(=O)CC(C)=O)c1ccccc1)OC(C=C)CC(OC(=O)CC(C)=O)c1ccccc1. The third kappa shape index (κ3) is 10.8. The smallest absolute Gasteiger partial charge is 0.313 e. The molecular weight excluding hydrogens is 472 g/mol. The minimum atomic E-state index is -0.667. The highest BCUT2D eigenvalue weighted by Gasteiger charge is 2.26. The molecule has 2 aromatic rings. The van der Waals surface area contributed by atoms with E-state index in [0.717, 1.165) is 11.1 Å². The number of carbonyl (C=O) groups is 4. The van der Waals surface area contributed by atoms with Crippen molar-refractivity contribution in [3.63, 3.8) is 0 Å². The molecule has 2 aromatic carbocycles. The molecule has 0 saturated heterocycles. The first-order valence-corrected chi connectivity index (χ1v) is 12.1. The van der Waals surface area contributed by atoms with E-state index in [0.29, 0.717) is 0 Å². The molecule has 7 nitrogen and oxygen atoms in total. The number of ketones is 2. The topological polar surface area (TPSA) is 96.0 Å². The molecule has 4 atom stereocenters. The van der Waals surface area contributed by atoms with Crippen LogP contribution in [0, 0.1) is 0 Å². The van der Waals surface area contributed by atoms with Gasteiger partial charge in [0.25, 0.3) is 0 Å². The van der Waals surface area contributed by atoms with E-state index in [1.54, 1.807) is 12.2 Å². The van der Waals surface area contributed by atoms with Crippen molar-refractivity contribution < 1.29 is 33.4 Å². The minimum absolute atomic E-state index is 0.252. The monoisotopic (exact) mass is 506 g/mol. The molecule has 196 valence electrons. The van der Waals surface area contributed by atoms with Crippen LogP contribution in [-0.2, 0) is 33.4 Å². The molecule has 2 rings (SSSR count). The molecule has 0 aromatic heterocycles. The maximum absolute atomic E-state index is 12.3. The Balaban J connectivity index is 2.18. The average Bonchev–Trinajstić information content (AvgIpc) is 2.86. The van der Waals surface area contributed by atoms with Gasteiger partial charge in [0.2, 0.25) is 0 Å². The van der Waals surface area contributed by atoms with Gasteiger partial charge in [0.15, 0.2) is 0 Å². The Morgan fingerprint density at radius 3 is 1.32 bits per heavy atom. The molecule has 0 aliphatic carbocycles. The maximum atomic E-state index is 12.3. The van der Waals surface area contributed by atoms with Gasteiger partial charge in [0, 0.05) is 12.8 Å². The summed E-state index contributed by atoms with van der Waals surface area (Å²) in [5, 5.41) is 0. The zero-order valence-electron chi connectivity index (χ0n) is 21.3. The predicted octanol–water partition coefficient (Wildman–Crippen LogP) is 5.42. The molecule has 0 saturated carbocycles. The van der Waals surface area contributed by atoms with Crippen molar-refractivity contribution in [2.75, 3.05) is 0 Å². The Morgan fingerprint density at radius 1 is 0.676 bits per heavy atom. The molecule has 0 aliphatic heterocycles. The molecule has 0 N–H and O–H groups in total. The van der Waals surface area contributed by atoms with E-state index in [9.17, 15) is 19.2 Å². The van der Waals surface area contributed by atoms with E-state index in [4.69, 9.17) is 14.2 Å². The first-order chi connectivity index (χ1) is 17.7. The molecule has 0 fully saturated rings. The van der Waals surface area contributed by atoms with Crippen molar-refractivity contribution in [3.05, 3.63) is 97.1 Å². The Labute approximate surface area is 218 Å². The van der Waals surface area contributed by atoms with Crippen molar-refractivity contribution in [2.24, 2.45) is 0 Å². The van der Waals surface area contributed by atoms with Crippen LogP contribution in [0.2, 0.25) is 0 Å². The number of Topliss-reactive ketones (excluding diaryl/α,β-unsaturated/α-hetero) is 2. The minimum Gasteiger partial charge on any atom is -0.457 e. The van der Waals surface area contributed by atoms with Gasteiger partial charge in [0.1, 0.15) is 36.6 Å². The number of benzene rings is 2. The van der Waals surface area contributed by atoms with Crippen molar-refractivity contribution in [2.45, 2.75) is 63.9 Å². The van der Waals surface area contributed by atoms with E-state index < -0.39 is 36.4 Å². The Hall–Kier alpha value is -3.84. The summed E-state index contributed by atoms with van der Waals surface area (Å²) >= 11 is 0. The summed E-state index contributed by atoms with van der Waals surface area (Å²) in [6, 6.07) is 18.3. The Morgan fingerprint density at radius 2 is 1.03 bits per heavy atom. The lowest BCUT2D eigenvalue weighted by Crippen LogP contribution is -2.26. The van der Waals surface area contributed by atoms with Crippen molar-refractivity contribution in [1.82, 2.24) is 0 Å². The molecule has 37 heavy (non-hydrogen) atoms. The van der Waals surface area contributed by atoms with E-state index in [2.05, 4.69) is 13.2 Å². The second-order valence-electron chi connectivity index (χ2n) is 8.69. The van der Waals surface area contributed by atoms with Crippen LogP contribution >= 0.6 is 0 Å². The summed E-state index contributed by atoms with van der Waals surface area (Å²) in [5.74, 6) is -1.81. The van der Waals surface area contributed by atoms with Crippen molar-refractivity contribution >= 4 is 23.5 Å². The first kappa shape index (κ1) is 29.4. The van der Waals surface area contributed by atoms with Crippen LogP contribution in [0.5, 0.6) is 0 Å². The van der Waals surface area contributed by atoms with Crippen LogP contribution in [-0.4, -0.2) is 35.7 Å². The van der Waals surface area contributed by atoms with Crippen LogP contribution in [0.25, 0.3) is 0 Å². The number of hydrogen-bond donors (Lipinski definition) is 0. The highest BCUT2D eigenvalue weighted by atomic mass is 16.6. The second kappa shape index (κ2) is 15.3. The van der Waals surface area contributed by atoms with E-state index in [1.807, 2.05) is 60.7 Å². The first-order valence-electron chi connectivity index (χ1n) is 12.1. The molecule has 4 unspecified atom stereocenters. The normalized spacial score (nSPS) is 13.9. The van der Waals surface area contributed by atoms with Gasteiger partial charge in [-0.05, 0) is 25.0 Å². The van der Waals surface area contributed by atoms with Crippen LogP contribution < -0.4 is 0 Å². The van der Waals surface area contributed by atoms with E-state index in [-0.39, 0.29) is 37.2 Å². The summed E-state index contributed by atoms with van der Waals surface area (Å²) in [6.45, 7) is 10.4. The van der Waals surface area contributed by atoms with Crippen LogP contribution in [0.1, 0.15) is 62.9 Å². The number of carbonyl (C=O) groups excluding carboxylic acids is 4. The Bertz CT molecular complexity index is 976. The third-order valence-electron chi connectivity index (χ3n) is 5.44. The lowest BCUT2D eigenvalue weighted by Gasteiger charge is -2.27. The highest BCUT2D eigenvalue weighted by molar-refractivity contribution is 5.94. The van der Waals surface area contributed by atoms with Gasteiger partial charge in [0.05, 0.1) is 12.2 Å². The fourth-order valence-electron chi connectivity index (χ4n) is 3.71. The average molecular weight is 507 g/mol. The Kier molecular flexibility index (Phi) is 12.2. The number of rotatable bonds is 16. The van der Waals surface area contributed by atoms with Gasteiger partial charge in [-0.15, -0.1) is 13.2 Å². The van der Waals surface area contributed by atoms with Gasteiger partial charge in [-0.25, -0.2) is 0 Å². The van der Waals surface area contributed by atoms with Crippen molar-refractivity contribution in [3.8, 4) is 0 Å². The summed E-state index contributed by atoms with van der Waals surface area (Å²) in [5.41, 5.74) is 1.51. The summed E-state index contributed by atoms with van der Waals surface area (Å²) < 4.78 is 17.5. The fraction of sp³-hybridized carbons (Fsp3) is 0.333. The largest absolute Gasteiger partial charge is 0.457 e. The quantitative estimate of drug-likeness (QED) is 0.170. The highest BCUT2D eigenvalue weighted by Crippen LogP contribution is 2.29. The van der Waals surface area contributed by atoms with Crippen LogP contribution in [0.3, 0.4) is 0 Å². The molecule has 7 heteroatoms. The molecular formula is C30H34O7. The molecule has 0 heterocycles. The summed E-state index contributed by atoms with van der Waals surface area (Å²) in [7, 11) is 0. The molecule has 0 spiro atoms. The molecule has 0 aliphatic rings. The lowest BCUT2D eigenvalue weighted by atomic mass is 10.0. The van der Waals surface area contributed by atoms with Crippen LogP contribution in [0.4, 0.5) is 0 Å². The summed E-state index contributed by atoms with van der Waals surface area (Å²) in [6.07, 6.45) is 0.633. The van der Waals surface area contributed by atoms with Gasteiger partial charge in [-0.2, -0.15) is 0 Å². The fourth-order valence-corrected chi connectivity index (χ4v) is 3.71. The number of ether oxygens (including phenoxy) is 3. The molecule has 0 amide bonds. The standard InChI is InChI=1S/C30H34O7/c1-5-25(19-27(23-13-9-7-10-14-23)36-29(33)17-21(3)31)35-26(6-2)20-28(24-15-11-8-12-16-24)37-30(34)18-22(4)32/h5-16,25-28H,1-2,17-20H2,3-4H3.